The van der Waals surface area contributed by atoms with E-state index in [1.165, 1.54) is 12.1 Å². The highest BCUT2D eigenvalue weighted by Crippen LogP contribution is 2.13. The van der Waals surface area contributed by atoms with Crippen LogP contribution >= 0.6 is 0 Å². The van der Waals surface area contributed by atoms with Crippen LogP contribution in [0.25, 0.3) is 0 Å². The van der Waals surface area contributed by atoms with Gasteiger partial charge in [0, 0.05) is 0 Å². The molecule has 0 saturated carbocycles. The Morgan fingerprint density at radius 2 is 1.65 bits per heavy atom. The number of hydrogen-bond acceptors (Lipinski definition) is 5. The van der Waals surface area contributed by atoms with Gasteiger partial charge in [0.2, 0.25) is 0 Å². The molecule has 0 amide bonds. The lowest BCUT2D eigenvalue weighted by molar-refractivity contribution is -0.141. The maximum Gasteiger partial charge on any atom is 0.339 e. The number of rotatable bonds is 5. The van der Waals surface area contributed by atoms with E-state index in [2.05, 4.69) is 0 Å². The topological polar surface area (TPSA) is 69.7 Å². The van der Waals surface area contributed by atoms with E-state index in [-0.39, 0.29) is 4.90 Å². The molecule has 6 heteroatoms. The minimum atomic E-state index is -3.99. The zero-order valence-corrected chi connectivity index (χ0v) is 13.3. The van der Waals surface area contributed by atoms with Gasteiger partial charge in [-0.05, 0) is 31.2 Å². The maximum atomic E-state index is 12.0. The Hall–Kier alpha value is -2.44. The Morgan fingerprint density at radius 3 is 2.39 bits per heavy atom. The first kappa shape index (κ1) is 16.9. The van der Waals surface area contributed by atoms with Gasteiger partial charge < -0.3 is 4.74 Å². The molecule has 1 aromatic carbocycles. The third kappa shape index (κ3) is 5.36. The van der Waals surface area contributed by atoms with Gasteiger partial charge in [0.1, 0.15) is 5.76 Å². The van der Waals surface area contributed by atoms with E-state index in [0.717, 1.165) is 5.56 Å². The highest BCUT2D eigenvalue weighted by atomic mass is 32.2. The van der Waals surface area contributed by atoms with Gasteiger partial charge >= 0.3 is 5.97 Å². The van der Waals surface area contributed by atoms with E-state index in [0.29, 0.717) is 5.76 Å². The third-order valence-corrected chi connectivity index (χ3v) is 4.12. The number of carbonyl (C=O) groups is 1. The highest BCUT2D eigenvalue weighted by Gasteiger charge is 2.18. The zero-order valence-electron chi connectivity index (χ0n) is 12.5. The fourth-order valence-electron chi connectivity index (χ4n) is 1.68. The molecule has 23 heavy (non-hydrogen) atoms. The van der Waals surface area contributed by atoms with Crippen molar-refractivity contribution in [1.29, 1.82) is 0 Å². The largest absolute Gasteiger partial charge is 0.425 e. The van der Waals surface area contributed by atoms with Crippen LogP contribution in [0, 0.1) is 6.92 Å². The molecular weight excluding hydrogens is 316 g/mol. The van der Waals surface area contributed by atoms with Crippen molar-refractivity contribution < 1.29 is 22.1 Å². The minimum Gasteiger partial charge on any atom is -0.425 e. The fraction of sp³-hybridized carbons (Fsp3) is 0.118. The Labute approximate surface area is 135 Å². The van der Waals surface area contributed by atoms with Gasteiger partial charge in [-0.1, -0.05) is 48.1 Å². The SMILES string of the molecule is Cc1ccc(S(=O)(=O)OCC(=O)OC2=C/C=C\C=C/C=C\2)cc1. The standard InChI is InChI=1S/C17H16O5S/c1-14-9-11-16(12-10-14)23(19,20)21-13-17(18)22-15-7-5-3-2-4-6-8-15/h2-12H,13H2,1H3/b3-2-,4-2?,5-3?,6-4-,7-5-,8-6?,15-7?,15-8+. The summed E-state index contributed by atoms with van der Waals surface area (Å²) in [4.78, 5) is 11.7. The van der Waals surface area contributed by atoms with Crippen molar-refractivity contribution in [2.45, 2.75) is 11.8 Å². The maximum absolute atomic E-state index is 12.0. The number of hydrogen-bond donors (Lipinski definition) is 0. The molecule has 0 atom stereocenters. The smallest absolute Gasteiger partial charge is 0.339 e. The summed E-state index contributed by atoms with van der Waals surface area (Å²) in [6, 6.07) is 6.15. The number of esters is 1. The molecule has 1 aliphatic rings. The molecule has 0 bridgehead atoms. The van der Waals surface area contributed by atoms with Gasteiger partial charge in [-0.2, -0.15) is 8.42 Å². The first-order valence-electron chi connectivity index (χ1n) is 6.86. The van der Waals surface area contributed by atoms with Crippen molar-refractivity contribution in [3.05, 3.63) is 78.1 Å². The molecule has 1 aromatic rings. The van der Waals surface area contributed by atoms with E-state index in [1.54, 1.807) is 48.6 Å². The summed E-state index contributed by atoms with van der Waals surface area (Å²) in [7, 11) is -3.99. The van der Waals surface area contributed by atoms with Gasteiger partial charge in [0.15, 0.2) is 6.61 Å². The van der Waals surface area contributed by atoms with Crippen LogP contribution in [0.15, 0.2) is 77.5 Å². The van der Waals surface area contributed by atoms with Crippen molar-refractivity contribution in [2.24, 2.45) is 0 Å². The third-order valence-electron chi connectivity index (χ3n) is 2.84. The summed E-state index contributed by atoms with van der Waals surface area (Å²) in [5.41, 5.74) is 0.925. The molecule has 0 heterocycles. The summed E-state index contributed by atoms with van der Waals surface area (Å²) >= 11 is 0. The van der Waals surface area contributed by atoms with E-state index in [9.17, 15) is 13.2 Å². The van der Waals surface area contributed by atoms with Crippen LogP contribution in [0.1, 0.15) is 5.56 Å². The lowest BCUT2D eigenvalue weighted by Gasteiger charge is -2.07. The van der Waals surface area contributed by atoms with Crippen LogP contribution in [0.4, 0.5) is 0 Å². The van der Waals surface area contributed by atoms with Crippen LogP contribution in [0.5, 0.6) is 0 Å². The summed E-state index contributed by atoms with van der Waals surface area (Å²) in [5, 5.41) is 0. The lowest BCUT2D eigenvalue weighted by atomic mass is 10.2. The van der Waals surface area contributed by atoms with Crippen LogP contribution in [-0.4, -0.2) is 21.0 Å². The monoisotopic (exact) mass is 332 g/mol. The van der Waals surface area contributed by atoms with Gasteiger partial charge in [-0.3, -0.25) is 4.18 Å². The summed E-state index contributed by atoms with van der Waals surface area (Å²) in [6.45, 7) is 1.15. The predicted molar refractivity (Wildman–Crippen MR) is 85.9 cm³/mol. The molecule has 1 aliphatic carbocycles. The average molecular weight is 332 g/mol. The number of carbonyl (C=O) groups excluding carboxylic acids is 1. The Morgan fingerprint density at radius 1 is 1.00 bits per heavy atom. The highest BCUT2D eigenvalue weighted by molar-refractivity contribution is 7.86. The second-order valence-electron chi connectivity index (χ2n) is 4.70. The van der Waals surface area contributed by atoms with Crippen molar-refractivity contribution >= 4 is 16.1 Å². The lowest BCUT2D eigenvalue weighted by Crippen LogP contribution is -2.16. The molecule has 0 aromatic heterocycles. The minimum absolute atomic E-state index is 0.00552. The van der Waals surface area contributed by atoms with Gasteiger partial charge in [0.05, 0.1) is 4.90 Å². The van der Waals surface area contributed by atoms with Crippen molar-refractivity contribution in [3.63, 3.8) is 0 Å². The summed E-state index contributed by atoms with van der Waals surface area (Å²) in [6.07, 6.45) is 12.0. The fourth-order valence-corrected chi connectivity index (χ4v) is 2.53. The number of allylic oxidation sites excluding steroid dienone is 7. The average Bonchev–Trinajstić information content (AvgIpc) is 2.48. The molecule has 0 aliphatic heterocycles. The van der Waals surface area contributed by atoms with Crippen molar-refractivity contribution in [1.82, 2.24) is 0 Å². The van der Waals surface area contributed by atoms with Crippen LogP contribution in [0.3, 0.4) is 0 Å². The Kier molecular flexibility index (Phi) is 5.67. The van der Waals surface area contributed by atoms with Crippen LogP contribution in [-0.2, 0) is 23.8 Å². The number of ether oxygens (including phenoxy) is 1. The van der Waals surface area contributed by atoms with Gasteiger partial charge in [-0.25, -0.2) is 4.79 Å². The van der Waals surface area contributed by atoms with Gasteiger partial charge in [0.25, 0.3) is 10.1 Å². The quantitative estimate of drug-likeness (QED) is 0.612. The second kappa shape index (κ2) is 7.71. The number of aryl methyl sites for hydroxylation is 1. The zero-order chi connectivity index (χ0) is 16.7. The molecular formula is C17H16O5S. The molecule has 0 radical (unpaired) electrons. The molecule has 2 rings (SSSR count). The molecule has 0 saturated heterocycles. The van der Waals surface area contributed by atoms with E-state index < -0.39 is 22.7 Å². The van der Waals surface area contributed by atoms with Crippen molar-refractivity contribution in [2.75, 3.05) is 6.61 Å². The molecule has 5 nitrogen and oxygen atoms in total. The molecule has 120 valence electrons. The van der Waals surface area contributed by atoms with Crippen molar-refractivity contribution in [3.8, 4) is 0 Å². The normalized spacial score (nSPS) is 20.5. The van der Waals surface area contributed by atoms with Crippen LogP contribution < -0.4 is 0 Å². The van der Waals surface area contributed by atoms with E-state index in [4.69, 9.17) is 8.92 Å². The predicted octanol–water partition coefficient (Wildman–Crippen LogP) is 2.81. The van der Waals surface area contributed by atoms with E-state index in [1.807, 2.05) is 13.0 Å². The summed E-state index contributed by atoms with van der Waals surface area (Å²) in [5.74, 6) is -0.499. The molecule has 0 N–H and O–H groups in total. The van der Waals surface area contributed by atoms with Gasteiger partial charge in [-0.15, -0.1) is 0 Å². The molecule has 0 spiro atoms. The Bertz CT molecular complexity index is 781. The second-order valence-corrected chi connectivity index (χ2v) is 6.32. The number of benzene rings is 1. The van der Waals surface area contributed by atoms with E-state index >= 15 is 0 Å². The Balaban J connectivity index is 1.94. The van der Waals surface area contributed by atoms with Crippen LogP contribution in [0.2, 0.25) is 0 Å². The first-order chi connectivity index (χ1) is 11.0. The summed E-state index contributed by atoms with van der Waals surface area (Å²) < 4.78 is 33.7. The first-order valence-corrected chi connectivity index (χ1v) is 8.27. The molecule has 0 fully saturated rings. The molecule has 0 unspecified atom stereocenters.